The lowest BCUT2D eigenvalue weighted by atomic mass is 10.2. The maximum atomic E-state index is 11.5. The summed E-state index contributed by atoms with van der Waals surface area (Å²) >= 11 is 0. The first-order valence-corrected chi connectivity index (χ1v) is 3.78. The minimum atomic E-state index is -0.163. The molecule has 0 N–H and O–H groups in total. The zero-order valence-corrected chi connectivity index (χ0v) is 7.27. The van der Waals surface area contributed by atoms with Crippen LogP contribution in [0, 0.1) is 11.3 Å². The molecule has 4 nitrogen and oxygen atoms in total. The number of pyridine rings is 1. The molecule has 0 aliphatic rings. The van der Waals surface area contributed by atoms with Crippen molar-refractivity contribution >= 4 is 5.91 Å². The molecule has 66 valence electrons. The molecule has 13 heavy (non-hydrogen) atoms. The highest BCUT2D eigenvalue weighted by Crippen LogP contribution is 2.00. The van der Waals surface area contributed by atoms with Crippen molar-refractivity contribution in [1.82, 2.24) is 9.88 Å². The summed E-state index contributed by atoms with van der Waals surface area (Å²) in [6.45, 7) is 0.0984. The minimum Gasteiger partial charge on any atom is -0.328 e. The van der Waals surface area contributed by atoms with Gasteiger partial charge in [0.15, 0.2) is 0 Å². The Balaban J connectivity index is 2.75. The molecule has 0 spiro atoms. The van der Waals surface area contributed by atoms with E-state index < -0.39 is 0 Å². The number of carbonyl (C=O) groups is 1. The van der Waals surface area contributed by atoms with Crippen LogP contribution in [0.4, 0.5) is 0 Å². The summed E-state index contributed by atoms with van der Waals surface area (Å²) in [5, 5.41) is 8.38. The Morgan fingerprint density at radius 2 is 2.23 bits per heavy atom. The summed E-state index contributed by atoms with van der Waals surface area (Å²) in [5.74, 6) is -0.163. The molecular weight excluding hydrogens is 166 g/mol. The first-order valence-electron chi connectivity index (χ1n) is 3.78. The molecule has 0 unspecified atom stereocenters. The van der Waals surface area contributed by atoms with Crippen molar-refractivity contribution < 1.29 is 4.79 Å². The molecule has 0 aromatic carbocycles. The Hall–Kier alpha value is -1.89. The number of rotatable bonds is 2. The Bertz CT molecular complexity index is 328. The fourth-order valence-corrected chi connectivity index (χ4v) is 0.893. The van der Waals surface area contributed by atoms with Gasteiger partial charge in [-0.3, -0.25) is 9.78 Å². The first kappa shape index (κ1) is 9.20. The average molecular weight is 175 g/mol. The first-order chi connectivity index (χ1) is 6.25. The Morgan fingerprint density at radius 1 is 1.62 bits per heavy atom. The predicted molar refractivity (Wildman–Crippen MR) is 46.8 cm³/mol. The van der Waals surface area contributed by atoms with E-state index in [1.54, 1.807) is 31.6 Å². The molecule has 0 saturated heterocycles. The van der Waals surface area contributed by atoms with Gasteiger partial charge in [0.2, 0.25) is 0 Å². The predicted octanol–water partition coefficient (Wildman–Crippen LogP) is 0.677. The SMILES string of the molecule is CN(CC#N)C(=O)c1ccncc1. The Kier molecular flexibility index (Phi) is 2.98. The van der Waals surface area contributed by atoms with Gasteiger partial charge in [-0.05, 0) is 12.1 Å². The van der Waals surface area contributed by atoms with E-state index in [0.717, 1.165) is 0 Å². The molecule has 1 heterocycles. The lowest BCUT2D eigenvalue weighted by Gasteiger charge is -2.12. The summed E-state index contributed by atoms with van der Waals surface area (Å²) < 4.78 is 0. The van der Waals surface area contributed by atoms with Gasteiger partial charge in [-0.2, -0.15) is 5.26 Å². The Morgan fingerprint density at radius 3 is 2.77 bits per heavy atom. The zero-order chi connectivity index (χ0) is 9.68. The third-order valence-electron chi connectivity index (χ3n) is 1.58. The van der Waals surface area contributed by atoms with Crippen LogP contribution in [0.3, 0.4) is 0 Å². The summed E-state index contributed by atoms with van der Waals surface area (Å²) in [7, 11) is 1.59. The van der Waals surface area contributed by atoms with Crippen LogP contribution in [0.1, 0.15) is 10.4 Å². The second-order valence-electron chi connectivity index (χ2n) is 2.56. The molecule has 1 aromatic heterocycles. The van der Waals surface area contributed by atoms with Gasteiger partial charge in [-0.15, -0.1) is 0 Å². The van der Waals surface area contributed by atoms with Crippen LogP contribution in [-0.2, 0) is 0 Å². The fraction of sp³-hybridized carbons (Fsp3) is 0.222. The number of hydrogen-bond acceptors (Lipinski definition) is 3. The normalized spacial score (nSPS) is 8.92. The number of nitrogens with zero attached hydrogens (tertiary/aromatic N) is 3. The van der Waals surface area contributed by atoms with Gasteiger partial charge in [0, 0.05) is 25.0 Å². The monoisotopic (exact) mass is 175 g/mol. The summed E-state index contributed by atoms with van der Waals surface area (Å²) in [4.78, 5) is 16.6. The summed E-state index contributed by atoms with van der Waals surface area (Å²) in [5.41, 5.74) is 0.549. The molecular formula is C9H9N3O. The van der Waals surface area contributed by atoms with E-state index >= 15 is 0 Å². The molecule has 0 aliphatic heterocycles. The van der Waals surface area contributed by atoms with Gasteiger partial charge in [-0.25, -0.2) is 0 Å². The van der Waals surface area contributed by atoms with Gasteiger partial charge < -0.3 is 4.90 Å². The average Bonchev–Trinajstić information content (AvgIpc) is 2.18. The zero-order valence-electron chi connectivity index (χ0n) is 7.27. The fourth-order valence-electron chi connectivity index (χ4n) is 0.893. The van der Waals surface area contributed by atoms with Crippen LogP contribution in [0.5, 0.6) is 0 Å². The van der Waals surface area contributed by atoms with E-state index in [1.807, 2.05) is 6.07 Å². The number of hydrogen-bond donors (Lipinski definition) is 0. The molecule has 0 atom stereocenters. The van der Waals surface area contributed by atoms with E-state index in [4.69, 9.17) is 5.26 Å². The summed E-state index contributed by atoms with van der Waals surface area (Å²) in [6, 6.07) is 5.15. The van der Waals surface area contributed by atoms with Gasteiger partial charge >= 0.3 is 0 Å². The van der Waals surface area contributed by atoms with Crippen LogP contribution in [0.2, 0.25) is 0 Å². The largest absolute Gasteiger partial charge is 0.328 e. The highest BCUT2D eigenvalue weighted by Gasteiger charge is 2.09. The quantitative estimate of drug-likeness (QED) is 0.621. The van der Waals surface area contributed by atoms with Crippen molar-refractivity contribution in [3.8, 4) is 6.07 Å². The third kappa shape index (κ3) is 2.27. The van der Waals surface area contributed by atoms with E-state index in [1.165, 1.54) is 4.90 Å². The molecule has 0 radical (unpaired) electrons. The topological polar surface area (TPSA) is 57.0 Å². The van der Waals surface area contributed by atoms with Crippen LogP contribution in [-0.4, -0.2) is 29.4 Å². The van der Waals surface area contributed by atoms with Crippen LogP contribution in [0.15, 0.2) is 24.5 Å². The minimum absolute atomic E-state index is 0.0984. The number of carbonyl (C=O) groups excluding carboxylic acids is 1. The molecule has 1 amide bonds. The molecule has 0 bridgehead atoms. The smallest absolute Gasteiger partial charge is 0.254 e. The maximum absolute atomic E-state index is 11.5. The second-order valence-corrected chi connectivity index (χ2v) is 2.56. The van der Waals surface area contributed by atoms with Crippen LogP contribution < -0.4 is 0 Å². The van der Waals surface area contributed by atoms with Gasteiger partial charge in [-0.1, -0.05) is 0 Å². The second kappa shape index (κ2) is 4.21. The van der Waals surface area contributed by atoms with E-state index in [0.29, 0.717) is 5.56 Å². The molecule has 0 saturated carbocycles. The van der Waals surface area contributed by atoms with Crippen LogP contribution >= 0.6 is 0 Å². The van der Waals surface area contributed by atoms with E-state index in [-0.39, 0.29) is 12.5 Å². The lowest BCUT2D eigenvalue weighted by Crippen LogP contribution is -2.26. The van der Waals surface area contributed by atoms with Crippen molar-refractivity contribution in [2.24, 2.45) is 0 Å². The number of aromatic nitrogens is 1. The van der Waals surface area contributed by atoms with Gasteiger partial charge in [0.1, 0.15) is 6.54 Å². The lowest BCUT2D eigenvalue weighted by molar-refractivity contribution is 0.0812. The van der Waals surface area contributed by atoms with E-state index in [2.05, 4.69) is 4.98 Å². The third-order valence-corrected chi connectivity index (χ3v) is 1.58. The van der Waals surface area contributed by atoms with Crippen molar-refractivity contribution in [1.29, 1.82) is 5.26 Å². The highest BCUT2D eigenvalue weighted by molar-refractivity contribution is 5.93. The highest BCUT2D eigenvalue weighted by atomic mass is 16.2. The van der Waals surface area contributed by atoms with Crippen molar-refractivity contribution in [2.75, 3.05) is 13.6 Å². The molecule has 1 aromatic rings. The maximum Gasteiger partial charge on any atom is 0.254 e. The summed E-state index contributed by atoms with van der Waals surface area (Å²) in [6.07, 6.45) is 3.10. The van der Waals surface area contributed by atoms with Crippen molar-refractivity contribution in [3.63, 3.8) is 0 Å². The molecule has 4 heteroatoms. The molecule has 0 fully saturated rings. The van der Waals surface area contributed by atoms with Crippen LogP contribution in [0.25, 0.3) is 0 Å². The van der Waals surface area contributed by atoms with Crippen molar-refractivity contribution in [2.45, 2.75) is 0 Å². The van der Waals surface area contributed by atoms with Gasteiger partial charge in [0.05, 0.1) is 6.07 Å². The van der Waals surface area contributed by atoms with Gasteiger partial charge in [0.25, 0.3) is 5.91 Å². The standard InChI is InChI=1S/C9H9N3O/c1-12(7-4-10)9(13)8-2-5-11-6-3-8/h2-3,5-6H,7H2,1H3. The Labute approximate surface area is 76.4 Å². The number of amides is 1. The molecule has 0 aliphatic carbocycles. The number of nitriles is 1. The molecule has 1 rings (SSSR count). The van der Waals surface area contributed by atoms with Crippen molar-refractivity contribution in [3.05, 3.63) is 30.1 Å². The van der Waals surface area contributed by atoms with E-state index in [9.17, 15) is 4.79 Å².